The molecule has 0 aliphatic heterocycles. The molecule has 116 valence electrons. The van der Waals surface area contributed by atoms with Gasteiger partial charge in [0.2, 0.25) is 0 Å². The number of aryl methyl sites for hydroxylation is 1. The number of nitrogens with two attached hydrogens (primary N) is 1. The van der Waals surface area contributed by atoms with Crippen LogP contribution in [-0.2, 0) is 12.8 Å². The van der Waals surface area contributed by atoms with E-state index in [1.54, 1.807) is 6.33 Å². The van der Waals surface area contributed by atoms with Gasteiger partial charge in [0, 0.05) is 30.8 Å². The second-order valence-electron chi connectivity index (χ2n) is 6.24. The third-order valence-corrected chi connectivity index (χ3v) is 4.07. The van der Waals surface area contributed by atoms with Crippen LogP contribution in [0.1, 0.15) is 50.8 Å². The molecule has 21 heavy (non-hydrogen) atoms. The molecule has 0 saturated carbocycles. The number of nitrogens with zero attached hydrogens (tertiary/aromatic N) is 3. The van der Waals surface area contributed by atoms with Gasteiger partial charge in [0.1, 0.15) is 12.1 Å². The first-order valence-corrected chi connectivity index (χ1v) is 8.34. The summed E-state index contributed by atoms with van der Waals surface area (Å²) >= 11 is 5.04. The second kappa shape index (κ2) is 7.69. The van der Waals surface area contributed by atoms with Gasteiger partial charge in [-0.25, -0.2) is 9.97 Å². The third-order valence-electron chi connectivity index (χ3n) is 3.87. The SMILES string of the molecule is CC(C)CN(CCC(N)=S)c1ncnc2c1CCCCC2. The van der Waals surface area contributed by atoms with Crippen LogP contribution in [0.25, 0.3) is 0 Å². The van der Waals surface area contributed by atoms with Crippen molar-refractivity contribution >= 4 is 23.0 Å². The predicted octanol–water partition coefficient (Wildman–Crippen LogP) is 2.88. The van der Waals surface area contributed by atoms with E-state index in [0.29, 0.717) is 10.9 Å². The van der Waals surface area contributed by atoms with E-state index in [1.807, 2.05) is 0 Å². The fourth-order valence-corrected chi connectivity index (χ4v) is 3.01. The average molecular weight is 306 g/mol. The Balaban J connectivity index is 2.27. The molecule has 0 atom stereocenters. The van der Waals surface area contributed by atoms with Crippen LogP contribution in [0.2, 0.25) is 0 Å². The van der Waals surface area contributed by atoms with Crippen LogP contribution >= 0.6 is 12.2 Å². The van der Waals surface area contributed by atoms with Crippen LogP contribution in [-0.4, -0.2) is 28.0 Å². The Kier molecular flexibility index (Phi) is 5.91. The molecule has 0 spiro atoms. The zero-order valence-electron chi connectivity index (χ0n) is 13.1. The Labute approximate surface area is 133 Å². The molecular weight excluding hydrogens is 280 g/mol. The Morgan fingerprint density at radius 2 is 2.05 bits per heavy atom. The highest BCUT2D eigenvalue weighted by molar-refractivity contribution is 7.80. The smallest absolute Gasteiger partial charge is 0.135 e. The molecule has 1 aromatic rings. The van der Waals surface area contributed by atoms with Crippen molar-refractivity contribution in [3.05, 3.63) is 17.6 Å². The van der Waals surface area contributed by atoms with E-state index in [9.17, 15) is 0 Å². The first-order chi connectivity index (χ1) is 10.1. The van der Waals surface area contributed by atoms with Crippen LogP contribution in [0.5, 0.6) is 0 Å². The molecule has 0 amide bonds. The quantitative estimate of drug-likeness (QED) is 0.647. The van der Waals surface area contributed by atoms with Crippen molar-refractivity contribution in [2.24, 2.45) is 11.7 Å². The standard InChI is InChI=1S/C16H26N4S/c1-12(2)10-20(9-8-15(17)21)16-13-6-4-3-5-7-14(13)18-11-19-16/h11-12H,3-10H2,1-2H3,(H2,17,21). The maximum Gasteiger partial charge on any atom is 0.135 e. The molecule has 1 aliphatic rings. The van der Waals surface area contributed by atoms with E-state index in [0.717, 1.165) is 38.2 Å². The van der Waals surface area contributed by atoms with Gasteiger partial charge in [-0.05, 0) is 31.6 Å². The molecule has 1 heterocycles. The number of anilines is 1. The van der Waals surface area contributed by atoms with E-state index in [2.05, 4.69) is 28.7 Å². The van der Waals surface area contributed by atoms with Crippen molar-refractivity contribution in [1.29, 1.82) is 0 Å². The zero-order chi connectivity index (χ0) is 15.2. The number of fused-ring (bicyclic) bond motifs is 1. The molecule has 0 fully saturated rings. The Bertz CT molecular complexity index is 487. The van der Waals surface area contributed by atoms with Gasteiger partial charge in [-0.3, -0.25) is 0 Å². The molecule has 0 saturated heterocycles. The fourth-order valence-electron chi connectivity index (χ4n) is 2.92. The van der Waals surface area contributed by atoms with E-state index in [-0.39, 0.29) is 0 Å². The van der Waals surface area contributed by atoms with Crippen LogP contribution in [0, 0.1) is 5.92 Å². The van der Waals surface area contributed by atoms with Gasteiger partial charge in [-0.15, -0.1) is 0 Å². The lowest BCUT2D eigenvalue weighted by Crippen LogP contribution is -2.32. The van der Waals surface area contributed by atoms with Crippen LogP contribution in [0.15, 0.2) is 6.33 Å². The normalized spacial score (nSPS) is 14.6. The fraction of sp³-hybridized carbons (Fsp3) is 0.688. The summed E-state index contributed by atoms with van der Waals surface area (Å²) in [4.78, 5) is 12.0. The van der Waals surface area contributed by atoms with Crippen molar-refractivity contribution in [2.75, 3.05) is 18.0 Å². The number of thiocarbonyl (C=S) groups is 1. The topological polar surface area (TPSA) is 55.0 Å². The summed E-state index contributed by atoms with van der Waals surface area (Å²) in [5.74, 6) is 1.68. The van der Waals surface area contributed by atoms with Crippen molar-refractivity contribution in [2.45, 2.75) is 52.4 Å². The van der Waals surface area contributed by atoms with E-state index in [1.165, 1.54) is 30.5 Å². The average Bonchev–Trinajstić information content (AvgIpc) is 2.67. The van der Waals surface area contributed by atoms with Gasteiger partial charge in [-0.1, -0.05) is 32.5 Å². The predicted molar refractivity (Wildman–Crippen MR) is 91.7 cm³/mol. The summed E-state index contributed by atoms with van der Waals surface area (Å²) in [5.41, 5.74) is 8.27. The molecule has 1 aromatic heterocycles. The van der Waals surface area contributed by atoms with E-state index >= 15 is 0 Å². The third kappa shape index (κ3) is 4.63. The van der Waals surface area contributed by atoms with Crippen LogP contribution < -0.4 is 10.6 Å². The molecular formula is C16H26N4S. The first-order valence-electron chi connectivity index (χ1n) is 7.94. The van der Waals surface area contributed by atoms with Gasteiger partial charge in [0.15, 0.2) is 0 Å². The largest absolute Gasteiger partial charge is 0.393 e. The summed E-state index contributed by atoms with van der Waals surface area (Å²) in [5, 5.41) is 0. The zero-order valence-corrected chi connectivity index (χ0v) is 14.0. The van der Waals surface area contributed by atoms with Gasteiger partial charge in [-0.2, -0.15) is 0 Å². The van der Waals surface area contributed by atoms with Crippen molar-refractivity contribution in [3.8, 4) is 0 Å². The number of aromatic nitrogens is 2. The number of hydrogen-bond donors (Lipinski definition) is 1. The van der Waals surface area contributed by atoms with Gasteiger partial charge in [0.25, 0.3) is 0 Å². The minimum absolute atomic E-state index is 0.573. The maximum atomic E-state index is 5.68. The lowest BCUT2D eigenvalue weighted by molar-refractivity contribution is 0.606. The lowest BCUT2D eigenvalue weighted by Gasteiger charge is -2.28. The highest BCUT2D eigenvalue weighted by Crippen LogP contribution is 2.27. The van der Waals surface area contributed by atoms with Gasteiger partial charge < -0.3 is 10.6 Å². The van der Waals surface area contributed by atoms with Crippen molar-refractivity contribution in [3.63, 3.8) is 0 Å². The van der Waals surface area contributed by atoms with E-state index < -0.39 is 0 Å². The Morgan fingerprint density at radius 3 is 2.76 bits per heavy atom. The highest BCUT2D eigenvalue weighted by atomic mass is 32.1. The number of hydrogen-bond acceptors (Lipinski definition) is 4. The van der Waals surface area contributed by atoms with Gasteiger partial charge >= 0.3 is 0 Å². The minimum atomic E-state index is 0.573. The van der Waals surface area contributed by atoms with Crippen LogP contribution in [0.4, 0.5) is 5.82 Å². The molecule has 5 heteroatoms. The molecule has 2 rings (SSSR count). The Morgan fingerprint density at radius 1 is 1.29 bits per heavy atom. The summed E-state index contributed by atoms with van der Waals surface area (Å²) in [6.07, 6.45) is 8.38. The van der Waals surface area contributed by atoms with Crippen LogP contribution in [0.3, 0.4) is 0 Å². The molecule has 4 nitrogen and oxygen atoms in total. The Hall–Kier alpha value is -1.23. The molecule has 2 N–H and O–H groups in total. The summed E-state index contributed by atoms with van der Waals surface area (Å²) in [6, 6.07) is 0. The highest BCUT2D eigenvalue weighted by Gasteiger charge is 2.19. The summed E-state index contributed by atoms with van der Waals surface area (Å²) < 4.78 is 0. The van der Waals surface area contributed by atoms with Crippen molar-refractivity contribution < 1.29 is 0 Å². The first kappa shape index (κ1) is 16.1. The van der Waals surface area contributed by atoms with Gasteiger partial charge in [0.05, 0.1) is 4.99 Å². The minimum Gasteiger partial charge on any atom is -0.393 e. The maximum absolute atomic E-state index is 5.68. The number of rotatable bonds is 6. The molecule has 1 aliphatic carbocycles. The van der Waals surface area contributed by atoms with Crippen molar-refractivity contribution in [1.82, 2.24) is 9.97 Å². The molecule has 0 radical (unpaired) electrons. The lowest BCUT2D eigenvalue weighted by atomic mass is 10.1. The molecule has 0 bridgehead atoms. The summed E-state index contributed by atoms with van der Waals surface area (Å²) in [6.45, 7) is 6.28. The molecule has 0 unspecified atom stereocenters. The second-order valence-corrected chi connectivity index (χ2v) is 6.76. The van der Waals surface area contributed by atoms with E-state index in [4.69, 9.17) is 18.0 Å². The molecule has 0 aromatic carbocycles. The summed E-state index contributed by atoms with van der Waals surface area (Å²) in [7, 11) is 0. The monoisotopic (exact) mass is 306 g/mol.